The normalized spacial score (nSPS) is 27.9. The maximum Gasteiger partial charge on any atom is 0.225 e. The number of β-amino-alcohol motifs (C(OH)–C–C–N with tert-alkyl or cyclic N) is 1. The van der Waals surface area contributed by atoms with Crippen molar-refractivity contribution >= 4 is 5.91 Å². The molecule has 4 atom stereocenters. The van der Waals surface area contributed by atoms with Gasteiger partial charge < -0.3 is 19.5 Å². The Kier molecular flexibility index (Phi) is 7.25. The molecule has 2 aromatic rings. The fourth-order valence-electron chi connectivity index (χ4n) is 5.48. The first kappa shape index (κ1) is 23.4. The van der Waals surface area contributed by atoms with Gasteiger partial charge in [0.2, 0.25) is 5.91 Å². The molecule has 3 aliphatic heterocycles. The zero-order valence-electron chi connectivity index (χ0n) is 19.4. The molecule has 6 nitrogen and oxygen atoms in total. The summed E-state index contributed by atoms with van der Waals surface area (Å²) in [5.74, 6) is -0.114. The van der Waals surface area contributed by atoms with Crippen molar-refractivity contribution in [2.24, 2.45) is 0 Å². The van der Waals surface area contributed by atoms with E-state index in [1.165, 1.54) is 23.3 Å². The molecule has 1 N–H and O–H groups in total. The molecule has 0 radical (unpaired) electrons. The summed E-state index contributed by atoms with van der Waals surface area (Å²) in [6.07, 6.45) is 2.05. The van der Waals surface area contributed by atoms with Gasteiger partial charge in [0.1, 0.15) is 5.82 Å². The van der Waals surface area contributed by atoms with Gasteiger partial charge in [-0.3, -0.25) is 9.69 Å². The van der Waals surface area contributed by atoms with Gasteiger partial charge in [0, 0.05) is 32.2 Å². The lowest BCUT2D eigenvalue weighted by Crippen LogP contribution is -2.55. The van der Waals surface area contributed by atoms with Crippen LogP contribution in [0.3, 0.4) is 0 Å². The SMILES string of the molecule is O=C(C[C@@H]1CC[C@@H]2[C@H](COC[C@@H](O)CN2Cc2ccc(F)cc2)O1)N1CCc2ccccc2C1. The fraction of sp³-hybridized carbons (Fsp3) is 0.519. The molecule has 1 amide bonds. The highest BCUT2D eigenvalue weighted by molar-refractivity contribution is 5.77. The van der Waals surface area contributed by atoms with Crippen LogP contribution in [0.25, 0.3) is 0 Å². The Morgan fingerprint density at radius 2 is 1.85 bits per heavy atom. The molecule has 0 bridgehead atoms. The first-order chi connectivity index (χ1) is 16.5. The van der Waals surface area contributed by atoms with E-state index in [1.54, 1.807) is 12.1 Å². The van der Waals surface area contributed by atoms with Crippen LogP contribution >= 0.6 is 0 Å². The van der Waals surface area contributed by atoms with Crippen molar-refractivity contribution in [3.8, 4) is 0 Å². The largest absolute Gasteiger partial charge is 0.389 e. The Hall–Kier alpha value is -2.32. The van der Waals surface area contributed by atoms with Gasteiger partial charge in [-0.05, 0) is 48.1 Å². The summed E-state index contributed by atoms with van der Waals surface area (Å²) in [5, 5.41) is 10.4. The molecule has 3 aliphatic rings. The van der Waals surface area contributed by atoms with Gasteiger partial charge in [-0.15, -0.1) is 0 Å². The van der Waals surface area contributed by atoms with Crippen LogP contribution in [0, 0.1) is 5.82 Å². The predicted molar refractivity (Wildman–Crippen MR) is 125 cm³/mol. The summed E-state index contributed by atoms with van der Waals surface area (Å²) >= 11 is 0. The second-order valence-corrected chi connectivity index (χ2v) is 9.73. The maximum absolute atomic E-state index is 13.3. The lowest BCUT2D eigenvalue weighted by molar-refractivity contribution is -0.161. The Balaban J connectivity index is 1.22. The van der Waals surface area contributed by atoms with Gasteiger partial charge in [-0.1, -0.05) is 36.4 Å². The summed E-state index contributed by atoms with van der Waals surface area (Å²) in [6, 6.07) is 14.9. The minimum absolute atomic E-state index is 0.0771. The third-order valence-electron chi connectivity index (χ3n) is 7.27. The quantitative estimate of drug-likeness (QED) is 0.748. The molecule has 0 unspecified atom stereocenters. The van der Waals surface area contributed by atoms with Crippen molar-refractivity contribution < 1.29 is 23.8 Å². The molecule has 34 heavy (non-hydrogen) atoms. The number of nitrogens with zero attached hydrogens (tertiary/aromatic N) is 2. The molecule has 0 saturated carbocycles. The van der Waals surface area contributed by atoms with Crippen LogP contribution in [-0.2, 0) is 33.8 Å². The van der Waals surface area contributed by atoms with Crippen LogP contribution in [0.2, 0.25) is 0 Å². The van der Waals surface area contributed by atoms with Crippen molar-refractivity contribution in [1.29, 1.82) is 0 Å². The molecular weight excluding hydrogens is 435 g/mol. The number of halogens is 1. The summed E-state index contributed by atoms with van der Waals surface area (Å²) in [5.41, 5.74) is 3.56. The number of hydrogen-bond acceptors (Lipinski definition) is 5. The van der Waals surface area contributed by atoms with Crippen LogP contribution in [0.15, 0.2) is 48.5 Å². The minimum Gasteiger partial charge on any atom is -0.389 e. The Labute approximate surface area is 200 Å². The summed E-state index contributed by atoms with van der Waals surface area (Å²) in [4.78, 5) is 17.3. The number of carbonyl (C=O) groups is 1. The van der Waals surface area contributed by atoms with Gasteiger partial charge in [0.05, 0.1) is 37.9 Å². The molecule has 3 heterocycles. The molecule has 2 fully saturated rings. The number of fused-ring (bicyclic) bond motifs is 2. The minimum atomic E-state index is -0.581. The maximum atomic E-state index is 13.3. The molecule has 0 aromatic heterocycles. The highest BCUT2D eigenvalue weighted by Gasteiger charge is 2.38. The number of ether oxygens (including phenoxy) is 2. The van der Waals surface area contributed by atoms with Gasteiger partial charge >= 0.3 is 0 Å². The third-order valence-corrected chi connectivity index (χ3v) is 7.27. The number of rotatable bonds is 4. The zero-order valence-corrected chi connectivity index (χ0v) is 19.4. The standard InChI is InChI=1S/C27H33FN2O4/c28-22-7-5-19(6-8-22)14-30-16-23(31)17-33-18-26-25(30)10-9-24(34-26)13-27(32)29-12-11-20-3-1-2-4-21(20)15-29/h1-8,23-26,31H,9-18H2/t23-,24-,25+,26-/m0/s1. The van der Waals surface area contributed by atoms with E-state index < -0.39 is 6.10 Å². The van der Waals surface area contributed by atoms with Crippen LogP contribution in [0.5, 0.6) is 0 Å². The highest BCUT2D eigenvalue weighted by Crippen LogP contribution is 2.30. The van der Waals surface area contributed by atoms with Crippen LogP contribution in [0.1, 0.15) is 36.0 Å². The first-order valence-electron chi connectivity index (χ1n) is 12.3. The van der Waals surface area contributed by atoms with Crippen molar-refractivity contribution in [1.82, 2.24) is 9.80 Å². The Morgan fingerprint density at radius 3 is 2.68 bits per heavy atom. The van der Waals surface area contributed by atoms with E-state index in [-0.39, 0.29) is 36.6 Å². The number of hydrogen-bond donors (Lipinski definition) is 1. The second-order valence-electron chi connectivity index (χ2n) is 9.73. The molecule has 5 rings (SSSR count). The van der Waals surface area contributed by atoms with Crippen LogP contribution in [-0.4, -0.2) is 71.5 Å². The average molecular weight is 469 g/mol. The predicted octanol–water partition coefficient (Wildman–Crippen LogP) is 2.91. The van der Waals surface area contributed by atoms with Crippen molar-refractivity contribution in [3.05, 3.63) is 71.0 Å². The molecule has 0 aliphatic carbocycles. The van der Waals surface area contributed by atoms with E-state index >= 15 is 0 Å². The van der Waals surface area contributed by atoms with Gasteiger partial charge in [0.25, 0.3) is 0 Å². The third kappa shape index (κ3) is 5.49. The van der Waals surface area contributed by atoms with Crippen LogP contribution < -0.4 is 0 Å². The summed E-state index contributed by atoms with van der Waals surface area (Å²) in [7, 11) is 0. The van der Waals surface area contributed by atoms with E-state index in [1.807, 2.05) is 11.0 Å². The van der Waals surface area contributed by atoms with Crippen molar-refractivity contribution in [2.75, 3.05) is 26.3 Å². The van der Waals surface area contributed by atoms with E-state index in [9.17, 15) is 14.3 Å². The van der Waals surface area contributed by atoms with Crippen molar-refractivity contribution in [2.45, 2.75) is 63.1 Å². The molecule has 2 aromatic carbocycles. The summed E-state index contributed by atoms with van der Waals surface area (Å²) < 4.78 is 25.5. The van der Waals surface area contributed by atoms with Gasteiger partial charge in [-0.25, -0.2) is 4.39 Å². The molecule has 182 valence electrons. The van der Waals surface area contributed by atoms with E-state index in [0.29, 0.717) is 32.7 Å². The monoisotopic (exact) mass is 468 g/mol. The highest BCUT2D eigenvalue weighted by atomic mass is 19.1. The fourth-order valence-corrected chi connectivity index (χ4v) is 5.48. The molecule has 2 saturated heterocycles. The number of amides is 1. The lowest BCUT2D eigenvalue weighted by Gasteiger charge is -2.44. The van der Waals surface area contributed by atoms with E-state index in [2.05, 4.69) is 23.1 Å². The van der Waals surface area contributed by atoms with E-state index in [0.717, 1.165) is 31.4 Å². The number of carbonyl (C=O) groups excluding carboxylic acids is 1. The average Bonchev–Trinajstić information content (AvgIpc) is 2.84. The smallest absolute Gasteiger partial charge is 0.225 e. The topological polar surface area (TPSA) is 62.2 Å². The second kappa shape index (κ2) is 10.5. The van der Waals surface area contributed by atoms with E-state index in [4.69, 9.17) is 9.47 Å². The molecule has 7 heteroatoms. The number of aliphatic hydroxyl groups is 1. The summed E-state index contributed by atoms with van der Waals surface area (Å²) in [6.45, 7) is 3.14. The Morgan fingerprint density at radius 1 is 1.06 bits per heavy atom. The number of benzene rings is 2. The van der Waals surface area contributed by atoms with Gasteiger partial charge in [0.15, 0.2) is 0 Å². The van der Waals surface area contributed by atoms with Gasteiger partial charge in [-0.2, -0.15) is 0 Å². The van der Waals surface area contributed by atoms with Crippen LogP contribution in [0.4, 0.5) is 4.39 Å². The zero-order chi connectivity index (χ0) is 23.5. The number of aliphatic hydroxyl groups excluding tert-OH is 1. The first-order valence-corrected chi connectivity index (χ1v) is 12.3. The molecule has 0 spiro atoms. The van der Waals surface area contributed by atoms with Crippen molar-refractivity contribution in [3.63, 3.8) is 0 Å². The lowest BCUT2D eigenvalue weighted by atomic mass is 9.93. The Bertz CT molecular complexity index is 985. The molecular formula is C27H33FN2O4.